The summed E-state index contributed by atoms with van der Waals surface area (Å²) >= 11 is 0. The zero-order chi connectivity index (χ0) is 6.69. The highest BCUT2D eigenvalue weighted by Crippen LogP contribution is 2.09. The molecule has 3 nitrogen and oxygen atoms in total. The van der Waals surface area contributed by atoms with E-state index < -0.39 is 5.82 Å². The first-order valence-corrected chi connectivity index (χ1v) is 2.66. The highest BCUT2D eigenvalue weighted by atomic mass is 19.1. The summed E-state index contributed by atoms with van der Waals surface area (Å²) < 4.78 is 17.1. The minimum atomic E-state index is -0.447. The average Bonchev–Trinajstić information content (AvgIpc) is 2.18. The average molecular weight is 130 g/mol. The summed E-state index contributed by atoms with van der Waals surface area (Å²) in [6, 6.07) is 0. The minimum Gasteiger partial charge on any atom is -0.476 e. The molecule has 0 aliphatic carbocycles. The van der Waals surface area contributed by atoms with E-state index in [2.05, 4.69) is 10.2 Å². The summed E-state index contributed by atoms with van der Waals surface area (Å²) in [6.45, 7) is 2.22. The third-order valence-electron chi connectivity index (χ3n) is 0.850. The summed E-state index contributed by atoms with van der Waals surface area (Å²) in [4.78, 5) is 0. The number of aromatic nitrogens is 2. The number of hydrogen-bond acceptors (Lipinski definition) is 2. The highest BCUT2D eigenvalue weighted by Gasteiger charge is 2.01. The molecule has 1 heterocycles. The van der Waals surface area contributed by atoms with Crippen LogP contribution in [0.3, 0.4) is 0 Å². The van der Waals surface area contributed by atoms with Gasteiger partial charge in [-0.05, 0) is 6.92 Å². The van der Waals surface area contributed by atoms with Crippen LogP contribution in [0.2, 0.25) is 0 Å². The van der Waals surface area contributed by atoms with E-state index in [0.29, 0.717) is 6.61 Å². The van der Waals surface area contributed by atoms with Gasteiger partial charge in [-0.1, -0.05) is 0 Å². The molecular formula is C5H7FN2O. The van der Waals surface area contributed by atoms with Crippen LogP contribution >= 0.6 is 0 Å². The number of H-pyrrole nitrogens is 1. The lowest BCUT2D eigenvalue weighted by Crippen LogP contribution is -1.92. The number of aromatic amines is 1. The fraction of sp³-hybridized carbons (Fsp3) is 0.400. The molecule has 0 aliphatic rings. The standard InChI is InChI=1S/C5H7FN2O/c1-2-9-5-4(6)3-7-8-5/h3H,2H2,1H3,(H,7,8). The smallest absolute Gasteiger partial charge is 0.246 e. The van der Waals surface area contributed by atoms with Crippen molar-refractivity contribution in [3.05, 3.63) is 12.0 Å². The maximum Gasteiger partial charge on any atom is 0.246 e. The Bertz CT molecular complexity index is 187. The molecule has 0 atom stereocenters. The van der Waals surface area contributed by atoms with Crippen LogP contribution in [0.5, 0.6) is 5.88 Å². The molecule has 0 saturated heterocycles. The van der Waals surface area contributed by atoms with Crippen molar-refractivity contribution >= 4 is 0 Å². The molecule has 1 N–H and O–H groups in total. The Kier molecular flexibility index (Phi) is 1.67. The fourth-order valence-electron chi connectivity index (χ4n) is 0.505. The highest BCUT2D eigenvalue weighted by molar-refractivity contribution is 5.07. The summed E-state index contributed by atoms with van der Waals surface area (Å²) in [5, 5.41) is 5.77. The number of hydrogen-bond donors (Lipinski definition) is 1. The van der Waals surface area contributed by atoms with Gasteiger partial charge in [-0.3, -0.25) is 0 Å². The molecule has 0 bridgehead atoms. The van der Waals surface area contributed by atoms with Crippen LogP contribution in [0.1, 0.15) is 6.92 Å². The van der Waals surface area contributed by atoms with Crippen LogP contribution in [0.15, 0.2) is 6.20 Å². The number of rotatable bonds is 2. The SMILES string of the molecule is CCOc1[nH]ncc1F. The first-order chi connectivity index (χ1) is 4.34. The molecule has 0 amide bonds. The van der Waals surface area contributed by atoms with E-state index in [-0.39, 0.29) is 5.88 Å². The molecule has 9 heavy (non-hydrogen) atoms. The van der Waals surface area contributed by atoms with Crippen molar-refractivity contribution in [2.24, 2.45) is 0 Å². The van der Waals surface area contributed by atoms with Gasteiger partial charge in [0.05, 0.1) is 12.8 Å². The van der Waals surface area contributed by atoms with Gasteiger partial charge >= 0.3 is 0 Å². The monoisotopic (exact) mass is 130 g/mol. The van der Waals surface area contributed by atoms with Gasteiger partial charge < -0.3 is 4.74 Å². The third kappa shape index (κ3) is 1.19. The molecule has 0 saturated carbocycles. The predicted octanol–water partition coefficient (Wildman–Crippen LogP) is 0.948. The van der Waals surface area contributed by atoms with E-state index in [1.165, 1.54) is 0 Å². The third-order valence-corrected chi connectivity index (χ3v) is 0.850. The molecule has 1 aromatic rings. The van der Waals surface area contributed by atoms with E-state index >= 15 is 0 Å². The molecule has 1 rings (SSSR count). The molecule has 1 aromatic heterocycles. The number of nitrogens with one attached hydrogen (secondary N) is 1. The maximum absolute atomic E-state index is 12.3. The fourth-order valence-corrected chi connectivity index (χ4v) is 0.505. The van der Waals surface area contributed by atoms with E-state index in [0.717, 1.165) is 6.20 Å². The maximum atomic E-state index is 12.3. The quantitative estimate of drug-likeness (QED) is 0.647. The van der Waals surface area contributed by atoms with Gasteiger partial charge in [0.15, 0.2) is 0 Å². The van der Waals surface area contributed by atoms with Crippen molar-refractivity contribution < 1.29 is 9.13 Å². The molecule has 4 heteroatoms. The van der Waals surface area contributed by atoms with E-state index in [4.69, 9.17) is 4.74 Å². The molecule has 50 valence electrons. The first-order valence-electron chi connectivity index (χ1n) is 2.66. The largest absolute Gasteiger partial charge is 0.476 e. The number of halogens is 1. The molecule has 0 fully saturated rings. The lowest BCUT2D eigenvalue weighted by molar-refractivity contribution is 0.309. The van der Waals surface area contributed by atoms with Crippen LogP contribution < -0.4 is 4.74 Å². The summed E-state index contributed by atoms with van der Waals surface area (Å²) in [5.41, 5.74) is 0. The predicted molar refractivity (Wildman–Crippen MR) is 29.7 cm³/mol. The lowest BCUT2D eigenvalue weighted by Gasteiger charge is -1.95. The Balaban J connectivity index is 2.69. The molecule has 0 aromatic carbocycles. The van der Waals surface area contributed by atoms with E-state index in [9.17, 15) is 4.39 Å². The summed E-state index contributed by atoms with van der Waals surface area (Å²) in [5.74, 6) is -0.339. The number of ether oxygens (including phenoxy) is 1. The first kappa shape index (κ1) is 6.07. The van der Waals surface area contributed by atoms with Crippen LogP contribution in [0, 0.1) is 5.82 Å². The van der Waals surface area contributed by atoms with Crippen LogP contribution in [0.4, 0.5) is 4.39 Å². The zero-order valence-corrected chi connectivity index (χ0v) is 5.02. The molecule has 0 radical (unpaired) electrons. The summed E-state index contributed by atoms with van der Waals surface area (Å²) in [7, 11) is 0. The van der Waals surface area contributed by atoms with Gasteiger partial charge in [0.1, 0.15) is 0 Å². The van der Waals surface area contributed by atoms with Gasteiger partial charge in [0, 0.05) is 0 Å². The summed E-state index contributed by atoms with van der Waals surface area (Å²) in [6.07, 6.45) is 1.07. The topological polar surface area (TPSA) is 37.9 Å². The van der Waals surface area contributed by atoms with Gasteiger partial charge in [-0.2, -0.15) is 9.49 Å². The van der Waals surface area contributed by atoms with Crippen molar-refractivity contribution in [2.45, 2.75) is 6.92 Å². The van der Waals surface area contributed by atoms with E-state index in [1.54, 1.807) is 6.92 Å². The minimum absolute atomic E-state index is 0.109. The zero-order valence-electron chi connectivity index (χ0n) is 5.02. The van der Waals surface area contributed by atoms with Crippen LogP contribution in [-0.4, -0.2) is 16.8 Å². The second kappa shape index (κ2) is 2.48. The lowest BCUT2D eigenvalue weighted by atomic mass is 10.6. The Hall–Kier alpha value is -1.06. The Morgan fingerprint density at radius 1 is 1.89 bits per heavy atom. The van der Waals surface area contributed by atoms with Crippen molar-refractivity contribution in [1.82, 2.24) is 10.2 Å². The van der Waals surface area contributed by atoms with E-state index in [1.807, 2.05) is 0 Å². The van der Waals surface area contributed by atoms with Crippen molar-refractivity contribution in [1.29, 1.82) is 0 Å². The van der Waals surface area contributed by atoms with Gasteiger partial charge in [-0.25, -0.2) is 5.10 Å². The van der Waals surface area contributed by atoms with Crippen molar-refractivity contribution in [3.63, 3.8) is 0 Å². The Labute approximate surface area is 51.8 Å². The second-order valence-electron chi connectivity index (χ2n) is 1.48. The normalized spacial score (nSPS) is 9.56. The molecule has 0 aliphatic heterocycles. The van der Waals surface area contributed by atoms with Crippen LogP contribution in [-0.2, 0) is 0 Å². The van der Waals surface area contributed by atoms with Crippen molar-refractivity contribution in [3.8, 4) is 5.88 Å². The van der Waals surface area contributed by atoms with Crippen molar-refractivity contribution in [2.75, 3.05) is 6.61 Å². The van der Waals surface area contributed by atoms with Gasteiger partial charge in [0.25, 0.3) is 0 Å². The molecule has 0 unspecified atom stereocenters. The Morgan fingerprint density at radius 3 is 3.11 bits per heavy atom. The van der Waals surface area contributed by atoms with Crippen LogP contribution in [0.25, 0.3) is 0 Å². The second-order valence-corrected chi connectivity index (χ2v) is 1.48. The van der Waals surface area contributed by atoms with Gasteiger partial charge in [-0.15, -0.1) is 0 Å². The molecular weight excluding hydrogens is 123 g/mol. The molecule has 0 spiro atoms. The number of nitrogens with zero attached hydrogens (tertiary/aromatic N) is 1. The Morgan fingerprint density at radius 2 is 2.67 bits per heavy atom. The van der Waals surface area contributed by atoms with Gasteiger partial charge in [0.2, 0.25) is 11.7 Å².